The summed E-state index contributed by atoms with van der Waals surface area (Å²) in [5, 5.41) is 0. The van der Waals surface area contributed by atoms with E-state index in [2.05, 4.69) is 19.9 Å². The van der Waals surface area contributed by atoms with Crippen molar-refractivity contribution in [2.45, 2.75) is 25.7 Å². The molecule has 5 nitrogen and oxygen atoms in total. The summed E-state index contributed by atoms with van der Waals surface area (Å²) in [5.41, 5.74) is 3.14. The standard InChI is InChI=1S/C26H20F4N4O/c27-20-8-4-17(5-9-20)22-10-1-16(13-31-22)14-34-12-11-23-21(15-34)25(35)33-24(32-23)18-2-6-19(7-3-18)26(28,29)30/h1-10,13H,11-12,14-15H2,(H,32,33,35). The topological polar surface area (TPSA) is 61.9 Å². The zero-order valence-electron chi connectivity index (χ0n) is 18.4. The number of halogens is 4. The highest BCUT2D eigenvalue weighted by Crippen LogP contribution is 2.30. The molecule has 0 spiro atoms. The molecule has 1 N–H and O–H groups in total. The second kappa shape index (κ2) is 9.07. The molecule has 2 aromatic carbocycles. The normalized spacial score (nSPS) is 14.1. The molecule has 35 heavy (non-hydrogen) atoms. The van der Waals surface area contributed by atoms with Crippen molar-refractivity contribution in [2.24, 2.45) is 0 Å². The lowest BCUT2D eigenvalue weighted by Crippen LogP contribution is -2.35. The zero-order valence-corrected chi connectivity index (χ0v) is 18.4. The minimum absolute atomic E-state index is 0.261. The molecule has 3 heterocycles. The van der Waals surface area contributed by atoms with Gasteiger partial charge >= 0.3 is 6.18 Å². The third kappa shape index (κ3) is 5.00. The van der Waals surface area contributed by atoms with Gasteiger partial charge in [-0.25, -0.2) is 9.37 Å². The van der Waals surface area contributed by atoms with Crippen molar-refractivity contribution in [1.29, 1.82) is 0 Å². The number of hydrogen-bond acceptors (Lipinski definition) is 4. The lowest BCUT2D eigenvalue weighted by atomic mass is 10.0. The second-order valence-corrected chi connectivity index (χ2v) is 8.43. The molecule has 2 aromatic heterocycles. The van der Waals surface area contributed by atoms with Crippen LogP contribution in [0.5, 0.6) is 0 Å². The maximum Gasteiger partial charge on any atom is 0.416 e. The summed E-state index contributed by atoms with van der Waals surface area (Å²) in [6, 6.07) is 14.6. The van der Waals surface area contributed by atoms with Crippen molar-refractivity contribution in [3.05, 3.63) is 105 Å². The van der Waals surface area contributed by atoms with E-state index in [-0.39, 0.29) is 17.2 Å². The van der Waals surface area contributed by atoms with Crippen LogP contribution in [-0.2, 0) is 25.7 Å². The minimum Gasteiger partial charge on any atom is -0.306 e. The van der Waals surface area contributed by atoms with Crippen molar-refractivity contribution >= 4 is 0 Å². The number of rotatable bonds is 4. The number of alkyl halides is 3. The molecular weight excluding hydrogens is 460 g/mol. The van der Waals surface area contributed by atoms with Gasteiger partial charge in [0, 0.05) is 43.4 Å². The fourth-order valence-electron chi connectivity index (χ4n) is 4.14. The number of fused-ring (bicyclic) bond motifs is 1. The van der Waals surface area contributed by atoms with E-state index in [0.717, 1.165) is 29.0 Å². The van der Waals surface area contributed by atoms with Gasteiger partial charge in [0.1, 0.15) is 11.6 Å². The summed E-state index contributed by atoms with van der Waals surface area (Å²) in [6.07, 6.45) is -2.10. The van der Waals surface area contributed by atoms with Crippen LogP contribution in [-0.4, -0.2) is 26.4 Å². The van der Waals surface area contributed by atoms with Crippen LogP contribution in [0.3, 0.4) is 0 Å². The van der Waals surface area contributed by atoms with E-state index >= 15 is 0 Å². The van der Waals surface area contributed by atoms with Crippen molar-refractivity contribution in [1.82, 2.24) is 19.9 Å². The number of aromatic nitrogens is 3. The van der Waals surface area contributed by atoms with Crippen LogP contribution >= 0.6 is 0 Å². The van der Waals surface area contributed by atoms with Crippen LogP contribution in [0.2, 0.25) is 0 Å². The van der Waals surface area contributed by atoms with Gasteiger partial charge in [0.05, 0.1) is 22.5 Å². The Labute approximate surface area is 198 Å². The quantitative estimate of drug-likeness (QED) is 0.407. The van der Waals surface area contributed by atoms with Crippen LogP contribution in [0, 0.1) is 5.82 Å². The Morgan fingerprint density at radius 3 is 2.31 bits per heavy atom. The highest BCUT2D eigenvalue weighted by atomic mass is 19.4. The number of pyridine rings is 1. The number of hydrogen-bond donors (Lipinski definition) is 1. The first kappa shape index (κ1) is 22.9. The molecule has 0 radical (unpaired) electrons. The first-order valence-electron chi connectivity index (χ1n) is 11.0. The Balaban J connectivity index is 1.29. The SMILES string of the molecule is O=c1[nH]c(-c2ccc(C(F)(F)F)cc2)nc2c1CN(Cc1ccc(-c3ccc(F)cc3)nc1)CC2. The number of benzene rings is 2. The maximum atomic E-state index is 13.1. The lowest BCUT2D eigenvalue weighted by molar-refractivity contribution is -0.137. The van der Waals surface area contributed by atoms with E-state index < -0.39 is 11.7 Å². The number of aromatic amines is 1. The molecule has 0 amide bonds. The van der Waals surface area contributed by atoms with Gasteiger partial charge in [-0.05, 0) is 48.0 Å². The first-order valence-corrected chi connectivity index (χ1v) is 11.0. The Morgan fingerprint density at radius 2 is 1.66 bits per heavy atom. The molecule has 0 unspecified atom stereocenters. The molecular formula is C26H20F4N4O. The Hall–Kier alpha value is -3.85. The number of nitrogens with zero attached hydrogens (tertiary/aromatic N) is 3. The molecule has 0 saturated heterocycles. The summed E-state index contributed by atoms with van der Waals surface area (Å²) < 4.78 is 51.6. The van der Waals surface area contributed by atoms with Gasteiger partial charge in [0.15, 0.2) is 0 Å². The van der Waals surface area contributed by atoms with E-state index in [1.165, 1.54) is 24.3 Å². The molecule has 1 aliphatic rings. The van der Waals surface area contributed by atoms with Crippen LogP contribution in [0.4, 0.5) is 17.6 Å². The van der Waals surface area contributed by atoms with Gasteiger partial charge < -0.3 is 4.98 Å². The van der Waals surface area contributed by atoms with Gasteiger partial charge in [-0.1, -0.05) is 18.2 Å². The van der Waals surface area contributed by atoms with Crippen LogP contribution in [0.15, 0.2) is 71.7 Å². The number of nitrogens with one attached hydrogen (secondary N) is 1. The van der Waals surface area contributed by atoms with Crippen LogP contribution in [0.25, 0.3) is 22.6 Å². The summed E-state index contributed by atoms with van der Waals surface area (Å²) in [7, 11) is 0. The van der Waals surface area contributed by atoms with Gasteiger partial charge in [-0.15, -0.1) is 0 Å². The van der Waals surface area contributed by atoms with E-state index in [1.807, 2.05) is 12.1 Å². The van der Waals surface area contributed by atoms with E-state index in [0.29, 0.717) is 42.9 Å². The molecule has 0 atom stereocenters. The highest BCUT2D eigenvalue weighted by molar-refractivity contribution is 5.59. The van der Waals surface area contributed by atoms with Crippen molar-refractivity contribution < 1.29 is 17.6 Å². The summed E-state index contributed by atoms with van der Waals surface area (Å²) in [6.45, 7) is 1.68. The van der Waals surface area contributed by atoms with Crippen molar-refractivity contribution in [3.63, 3.8) is 0 Å². The third-order valence-corrected chi connectivity index (χ3v) is 6.00. The molecule has 0 saturated carbocycles. The molecule has 0 aliphatic carbocycles. The average molecular weight is 480 g/mol. The van der Waals surface area contributed by atoms with Gasteiger partial charge in [0.25, 0.3) is 5.56 Å². The largest absolute Gasteiger partial charge is 0.416 e. The monoisotopic (exact) mass is 480 g/mol. The summed E-state index contributed by atoms with van der Waals surface area (Å²) >= 11 is 0. The Kier molecular flexibility index (Phi) is 5.94. The summed E-state index contributed by atoms with van der Waals surface area (Å²) in [5.74, 6) is -0.0387. The predicted molar refractivity (Wildman–Crippen MR) is 123 cm³/mol. The van der Waals surface area contributed by atoms with Gasteiger partial charge in [-0.2, -0.15) is 13.2 Å². The van der Waals surface area contributed by atoms with E-state index in [1.54, 1.807) is 18.3 Å². The van der Waals surface area contributed by atoms with Crippen LogP contribution < -0.4 is 5.56 Å². The highest BCUT2D eigenvalue weighted by Gasteiger charge is 2.30. The molecule has 5 rings (SSSR count). The minimum atomic E-state index is -4.42. The molecule has 9 heteroatoms. The molecule has 0 bridgehead atoms. The molecule has 178 valence electrons. The zero-order chi connectivity index (χ0) is 24.6. The van der Waals surface area contributed by atoms with Crippen molar-refractivity contribution in [3.8, 4) is 22.6 Å². The first-order chi connectivity index (χ1) is 16.8. The fraction of sp³-hybridized carbons (Fsp3) is 0.192. The van der Waals surface area contributed by atoms with Gasteiger partial charge in [-0.3, -0.25) is 14.7 Å². The summed E-state index contributed by atoms with van der Waals surface area (Å²) in [4.78, 5) is 26.6. The predicted octanol–water partition coefficient (Wildman–Crippen LogP) is 5.22. The van der Waals surface area contributed by atoms with E-state index in [4.69, 9.17) is 0 Å². The molecule has 1 aliphatic heterocycles. The lowest BCUT2D eigenvalue weighted by Gasteiger charge is -2.27. The molecule has 4 aromatic rings. The maximum absolute atomic E-state index is 13.1. The second-order valence-electron chi connectivity index (χ2n) is 8.43. The fourth-order valence-corrected chi connectivity index (χ4v) is 4.14. The third-order valence-electron chi connectivity index (χ3n) is 6.00. The van der Waals surface area contributed by atoms with Gasteiger partial charge in [0.2, 0.25) is 0 Å². The number of H-pyrrole nitrogens is 1. The van der Waals surface area contributed by atoms with Crippen LogP contribution in [0.1, 0.15) is 22.4 Å². The molecule has 0 fully saturated rings. The Bertz CT molecular complexity index is 1400. The van der Waals surface area contributed by atoms with E-state index in [9.17, 15) is 22.4 Å². The smallest absolute Gasteiger partial charge is 0.306 e. The van der Waals surface area contributed by atoms with Crippen molar-refractivity contribution in [2.75, 3.05) is 6.54 Å². The Morgan fingerprint density at radius 1 is 0.943 bits per heavy atom. The average Bonchev–Trinajstić information content (AvgIpc) is 2.85.